The van der Waals surface area contributed by atoms with Gasteiger partial charge < -0.3 is 5.32 Å². The Hall–Kier alpha value is -2.68. The van der Waals surface area contributed by atoms with Gasteiger partial charge in [-0.25, -0.2) is 14.6 Å². The van der Waals surface area contributed by atoms with Crippen molar-refractivity contribution in [2.45, 2.75) is 56.0 Å². The third kappa shape index (κ3) is 4.05. The molecule has 1 saturated carbocycles. The van der Waals surface area contributed by atoms with Crippen LogP contribution in [0.1, 0.15) is 39.5 Å². The molecule has 2 N–H and O–H groups in total. The molecular formula is C20H24N6O2S. The number of hydrogen-bond acceptors (Lipinski definition) is 6. The zero-order valence-electron chi connectivity index (χ0n) is 16.5. The number of aromatic amines is 1. The van der Waals surface area contributed by atoms with Crippen LogP contribution in [0.15, 0.2) is 40.5 Å². The van der Waals surface area contributed by atoms with Gasteiger partial charge in [-0.1, -0.05) is 43.7 Å². The number of rotatable bonds is 5. The average molecular weight is 413 g/mol. The van der Waals surface area contributed by atoms with Crippen LogP contribution in [-0.2, 0) is 4.79 Å². The fourth-order valence-electron chi connectivity index (χ4n) is 3.73. The van der Waals surface area contributed by atoms with Gasteiger partial charge in [0.2, 0.25) is 11.9 Å². The predicted molar refractivity (Wildman–Crippen MR) is 112 cm³/mol. The first-order valence-corrected chi connectivity index (χ1v) is 10.8. The smallest absolute Gasteiger partial charge is 0.269 e. The molecule has 0 saturated heterocycles. The first-order valence-electron chi connectivity index (χ1n) is 9.89. The zero-order valence-corrected chi connectivity index (χ0v) is 17.3. The molecule has 0 bridgehead atoms. The van der Waals surface area contributed by atoms with Crippen LogP contribution < -0.4 is 10.9 Å². The van der Waals surface area contributed by atoms with Gasteiger partial charge in [0.15, 0.2) is 5.16 Å². The van der Waals surface area contributed by atoms with Crippen LogP contribution in [0.2, 0.25) is 0 Å². The van der Waals surface area contributed by atoms with Crippen LogP contribution >= 0.6 is 11.8 Å². The Morgan fingerprint density at radius 1 is 1.31 bits per heavy atom. The fourth-order valence-corrected chi connectivity index (χ4v) is 4.64. The Kier molecular flexibility index (Phi) is 5.66. The maximum Gasteiger partial charge on any atom is 0.269 e. The van der Waals surface area contributed by atoms with Gasteiger partial charge in [-0.15, -0.1) is 0 Å². The summed E-state index contributed by atoms with van der Waals surface area (Å²) in [5.74, 6) is 0.723. The van der Waals surface area contributed by atoms with Crippen molar-refractivity contribution in [3.8, 4) is 5.95 Å². The minimum atomic E-state index is -0.411. The van der Waals surface area contributed by atoms with E-state index in [4.69, 9.17) is 0 Å². The van der Waals surface area contributed by atoms with E-state index in [1.165, 1.54) is 29.1 Å². The number of fused-ring (bicyclic) bond motifs is 1. The summed E-state index contributed by atoms with van der Waals surface area (Å²) in [6, 6.07) is 7.36. The number of H-pyrrole nitrogens is 1. The lowest BCUT2D eigenvalue weighted by molar-refractivity contribution is -0.121. The second kappa shape index (κ2) is 8.36. The molecule has 1 aliphatic carbocycles. The Balaban J connectivity index is 1.63. The molecule has 3 atom stereocenters. The van der Waals surface area contributed by atoms with Crippen LogP contribution in [-0.4, -0.2) is 41.9 Å². The predicted octanol–water partition coefficient (Wildman–Crippen LogP) is 2.68. The zero-order chi connectivity index (χ0) is 20.4. The Morgan fingerprint density at radius 2 is 2.10 bits per heavy atom. The van der Waals surface area contributed by atoms with Crippen molar-refractivity contribution in [1.82, 2.24) is 30.0 Å². The van der Waals surface area contributed by atoms with Gasteiger partial charge in [0.1, 0.15) is 6.33 Å². The molecule has 1 amide bonds. The van der Waals surface area contributed by atoms with Crippen LogP contribution in [0.25, 0.3) is 16.9 Å². The van der Waals surface area contributed by atoms with E-state index in [1.54, 1.807) is 18.2 Å². The molecule has 0 radical (unpaired) electrons. The van der Waals surface area contributed by atoms with E-state index >= 15 is 0 Å². The summed E-state index contributed by atoms with van der Waals surface area (Å²) in [4.78, 5) is 34.7. The Labute approximate surface area is 172 Å². The number of nitrogens with one attached hydrogen (secondary N) is 2. The minimum absolute atomic E-state index is 0.0414. The van der Waals surface area contributed by atoms with Crippen LogP contribution in [0.3, 0.4) is 0 Å². The molecule has 4 rings (SSSR count). The molecule has 0 spiro atoms. The highest BCUT2D eigenvalue weighted by Crippen LogP contribution is 2.27. The molecule has 0 unspecified atom stereocenters. The second-order valence-electron chi connectivity index (χ2n) is 7.50. The van der Waals surface area contributed by atoms with Crippen LogP contribution in [0.4, 0.5) is 0 Å². The molecule has 8 nitrogen and oxygen atoms in total. The van der Waals surface area contributed by atoms with E-state index in [9.17, 15) is 9.59 Å². The average Bonchev–Trinajstić information content (AvgIpc) is 3.24. The summed E-state index contributed by atoms with van der Waals surface area (Å²) < 4.78 is 1.38. The number of hydrogen-bond donors (Lipinski definition) is 2. The summed E-state index contributed by atoms with van der Waals surface area (Å²) in [5.41, 5.74) is 0.340. The maximum atomic E-state index is 13.1. The van der Waals surface area contributed by atoms with E-state index < -0.39 is 5.25 Å². The van der Waals surface area contributed by atoms with Crippen molar-refractivity contribution < 1.29 is 4.79 Å². The third-order valence-corrected chi connectivity index (χ3v) is 6.50. The number of carbonyl (C=O) groups is 1. The monoisotopic (exact) mass is 412 g/mol. The lowest BCUT2D eigenvalue weighted by Gasteiger charge is -2.30. The quantitative estimate of drug-likeness (QED) is 0.493. The standard InChI is InChI=1S/C20H24N6O2S/c1-12-7-3-5-9-15(12)23-17(27)13(2)29-20-24-16-10-6-4-8-14(16)18(28)26(20)19-21-11-22-25-19/h4,6,8,10-13,15H,3,5,7,9H2,1-2H3,(H,23,27)(H,21,22,25)/t12-,13-,15-/m1/s1. The van der Waals surface area contributed by atoms with Crippen LogP contribution in [0.5, 0.6) is 0 Å². The highest BCUT2D eigenvalue weighted by molar-refractivity contribution is 8.00. The molecule has 1 fully saturated rings. The van der Waals surface area contributed by atoms with E-state index in [0.717, 1.165) is 19.3 Å². The van der Waals surface area contributed by atoms with Crippen molar-refractivity contribution in [3.05, 3.63) is 40.9 Å². The number of aromatic nitrogens is 5. The van der Waals surface area contributed by atoms with Crippen molar-refractivity contribution in [3.63, 3.8) is 0 Å². The first-order chi connectivity index (χ1) is 14.0. The van der Waals surface area contributed by atoms with Crippen LogP contribution in [0, 0.1) is 5.92 Å². The third-order valence-electron chi connectivity index (χ3n) is 5.45. The Bertz CT molecular complexity index is 1060. The first kappa shape index (κ1) is 19.6. The molecule has 0 aliphatic heterocycles. The number of para-hydroxylation sites is 1. The van der Waals surface area contributed by atoms with Gasteiger partial charge in [0.05, 0.1) is 16.2 Å². The van der Waals surface area contributed by atoms with E-state index in [0.29, 0.717) is 22.0 Å². The van der Waals surface area contributed by atoms with Gasteiger partial charge in [0, 0.05) is 6.04 Å². The fraction of sp³-hybridized carbons (Fsp3) is 0.450. The SMILES string of the molecule is C[C@@H]1CCCC[C@H]1NC(=O)[C@@H](C)Sc1nc2ccccc2c(=O)n1-c1ncn[nH]1. The lowest BCUT2D eigenvalue weighted by atomic mass is 9.86. The Morgan fingerprint density at radius 3 is 2.86 bits per heavy atom. The summed E-state index contributed by atoms with van der Waals surface area (Å²) in [6.45, 7) is 4.02. The summed E-state index contributed by atoms with van der Waals surface area (Å²) >= 11 is 1.25. The molecule has 152 valence electrons. The highest BCUT2D eigenvalue weighted by Gasteiger charge is 2.26. The molecule has 2 aromatic heterocycles. The second-order valence-corrected chi connectivity index (χ2v) is 8.81. The number of carbonyl (C=O) groups excluding carboxylic acids is 1. The van der Waals surface area contributed by atoms with E-state index in [1.807, 2.05) is 13.0 Å². The molecule has 1 aromatic carbocycles. The van der Waals surface area contributed by atoms with Crippen molar-refractivity contribution in [2.75, 3.05) is 0 Å². The lowest BCUT2D eigenvalue weighted by Crippen LogP contribution is -2.44. The minimum Gasteiger partial charge on any atom is -0.352 e. The van der Waals surface area contributed by atoms with Gasteiger partial charge in [-0.2, -0.15) is 10.1 Å². The maximum absolute atomic E-state index is 13.1. The molecular weight excluding hydrogens is 388 g/mol. The molecule has 2 heterocycles. The number of nitrogens with zero attached hydrogens (tertiary/aromatic N) is 4. The van der Waals surface area contributed by atoms with E-state index in [2.05, 4.69) is 32.4 Å². The van der Waals surface area contributed by atoms with Crippen molar-refractivity contribution in [1.29, 1.82) is 0 Å². The number of thioether (sulfide) groups is 1. The topological polar surface area (TPSA) is 106 Å². The molecule has 1 aliphatic rings. The van der Waals surface area contributed by atoms with Gasteiger partial charge >= 0.3 is 0 Å². The summed E-state index contributed by atoms with van der Waals surface area (Å²) in [7, 11) is 0. The highest BCUT2D eigenvalue weighted by atomic mass is 32.2. The van der Waals surface area contributed by atoms with Crippen molar-refractivity contribution >= 4 is 28.6 Å². The molecule has 29 heavy (non-hydrogen) atoms. The normalized spacial score (nSPS) is 20.5. The molecule has 9 heteroatoms. The largest absolute Gasteiger partial charge is 0.352 e. The van der Waals surface area contributed by atoms with Gasteiger partial charge in [-0.05, 0) is 37.8 Å². The summed E-state index contributed by atoms with van der Waals surface area (Å²) in [6.07, 6.45) is 5.87. The number of amides is 1. The van der Waals surface area contributed by atoms with Crippen molar-refractivity contribution in [2.24, 2.45) is 5.92 Å². The number of benzene rings is 1. The van der Waals surface area contributed by atoms with Gasteiger partial charge in [0.25, 0.3) is 5.56 Å². The van der Waals surface area contributed by atoms with E-state index in [-0.39, 0.29) is 23.5 Å². The summed E-state index contributed by atoms with van der Waals surface area (Å²) in [5, 5.41) is 10.2. The molecule has 3 aromatic rings. The van der Waals surface area contributed by atoms with Gasteiger partial charge in [-0.3, -0.25) is 9.59 Å².